The van der Waals surface area contributed by atoms with E-state index < -0.39 is 37.4 Å². The first-order chi connectivity index (χ1) is 12.4. The largest absolute Gasteiger partial charge is 0.491 e. The van der Waals surface area contributed by atoms with Crippen molar-refractivity contribution in [3.63, 3.8) is 0 Å². The Bertz CT molecular complexity index is 689. The predicted molar refractivity (Wildman–Crippen MR) is 90.4 cm³/mol. The molecule has 0 saturated carbocycles. The summed E-state index contributed by atoms with van der Waals surface area (Å²) in [6.07, 6.45) is -5.33. The molecule has 1 aromatic carbocycles. The third-order valence-electron chi connectivity index (χ3n) is 2.57. The highest BCUT2D eigenvalue weighted by Crippen LogP contribution is 2.51. The summed E-state index contributed by atoms with van der Waals surface area (Å²) in [7, 11) is -4.42. The Hall–Kier alpha value is -1.43. The predicted octanol–water partition coefficient (Wildman–Crippen LogP) is 2.40. The minimum atomic E-state index is -5.33. The monoisotopic (exact) mass is 430 g/mol. The average molecular weight is 430 g/mol. The van der Waals surface area contributed by atoms with E-state index in [0.29, 0.717) is 4.90 Å². The number of ether oxygens (including phenoxy) is 1. The molecular weight excluding hydrogens is 412 g/mol. The van der Waals surface area contributed by atoms with E-state index in [1.165, 1.54) is 0 Å². The van der Waals surface area contributed by atoms with Crippen LogP contribution in [0.15, 0.2) is 35.2 Å². The number of nitrogens with one attached hydrogen (secondary N) is 2. The van der Waals surface area contributed by atoms with Gasteiger partial charge in [-0.2, -0.15) is 18.7 Å². The molecule has 0 aliphatic rings. The molecule has 0 spiro atoms. The molecule has 0 amide bonds. The van der Waals surface area contributed by atoms with Gasteiger partial charge in [-0.15, -0.1) is 0 Å². The highest BCUT2D eigenvalue weighted by molar-refractivity contribution is 8.05. The highest BCUT2D eigenvalue weighted by Gasteiger charge is 2.42. The molecule has 0 bridgehead atoms. The van der Waals surface area contributed by atoms with Crippen LogP contribution in [0.3, 0.4) is 0 Å². The summed E-state index contributed by atoms with van der Waals surface area (Å²) in [5, 5.41) is 0.849. The van der Waals surface area contributed by atoms with E-state index >= 15 is 0 Å². The Kier molecular flexibility index (Phi) is 8.92. The van der Waals surface area contributed by atoms with Gasteiger partial charge in [0.15, 0.2) is 5.11 Å². The Balaban J connectivity index is 2.80. The molecule has 0 aromatic heterocycles. The lowest BCUT2D eigenvalue weighted by Gasteiger charge is -2.23. The molecule has 0 fully saturated rings. The number of hydroxylamine groups is 1. The second-order valence-corrected chi connectivity index (χ2v) is 8.71. The molecule has 0 saturated heterocycles. The van der Waals surface area contributed by atoms with Crippen molar-refractivity contribution in [3.05, 3.63) is 30.3 Å². The van der Waals surface area contributed by atoms with Crippen LogP contribution >= 0.6 is 19.4 Å². The molecule has 13 heteroatoms. The standard InChI is InChI=1S/C14H18F3N2O6PS/c1-9(2)19-25-26(22,23)13(27-10-6-4-3-5-7-10)18-8-11(20)24-12(21)14(15,16)17/h3-7,9,13,18-19H,8H2,1-2H3,(H,22,23). The van der Waals surface area contributed by atoms with Gasteiger partial charge in [0.2, 0.25) is 0 Å². The van der Waals surface area contributed by atoms with Crippen molar-refractivity contribution in [1.29, 1.82) is 0 Å². The van der Waals surface area contributed by atoms with Crippen LogP contribution in [0.1, 0.15) is 13.8 Å². The van der Waals surface area contributed by atoms with Crippen molar-refractivity contribution in [2.75, 3.05) is 6.54 Å². The molecule has 152 valence electrons. The van der Waals surface area contributed by atoms with E-state index in [4.69, 9.17) is 4.62 Å². The zero-order chi connectivity index (χ0) is 20.7. The van der Waals surface area contributed by atoms with Crippen molar-refractivity contribution in [2.24, 2.45) is 0 Å². The second-order valence-electron chi connectivity index (χ2n) is 5.35. The number of carbonyl (C=O) groups excluding carboxylic acids is 2. The number of thioether (sulfide) groups is 1. The van der Waals surface area contributed by atoms with Crippen LogP contribution in [0.4, 0.5) is 13.2 Å². The molecule has 0 radical (unpaired) electrons. The van der Waals surface area contributed by atoms with Crippen LogP contribution in [0.25, 0.3) is 0 Å². The first-order valence-electron chi connectivity index (χ1n) is 7.45. The van der Waals surface area contributed by atoms with E-state index in [1.807, 2.05) is 0 Å². The molecule has 1 aromatic rings. The SMILES string of the molecule is CC(C)NOP(=O)(O)C(NCC(=O)OC(=O)C(F)(F)F)Sc1ccccc1. The summed E-state index contributed by atoms with van der Waals surface area (Å²) < 4.78 is 57.1. The van der Waals surface area contributed by atoms with Gasteiger partial charge in [-0.3, -0.25) is 14.7 Å². The first kappa shape index (κ1) is 23.6. The van der Waals surface area contributed by atoms with E-state index in [1.54, 1.807) is 44.2 Å². The zero-order valence-corrected chi connectivity index (χ0v) is 15.9. The van der Waals surface area contributed by atoms with Gasteiger partial charge in [-0.1, -0.05) is 30.0 Å². The van der Waals surface area contributed by atoms with Gasteiger partial charge in [-0.05, 0) is 26.0 Å². The van der Waals surface area contributed by atoms with Crippen molar-refractivity contribution >= 4 is 31.3 Å². The summed E-state index contributed by atoms with van der Waals surface area (Å²) in [6, 6.07) is 7.95. The molecule has 0 heterocycles. The summed E-state index contributed by atoms with van der Waals surface area (Å²) in [6.45, 7) is 2.36. The molecular formula is C14H18F3N2O6PS. The van der Waals surface area contributed by atoms with E-state index in [-0.39, 0.29) is 6.04 Å². The highest BCUT2D eigenvalue weighted by atomic mass is 32.2. The molecule has 2 unspecified atom stereocenters. The second kappa shape index (κ2) is 10.2. The summed E-state index contributed by atoms with van der Waals surface area (Å²) >= 11 is 0.810. The quantitative estimate of drug-likeness (QED) is 0.136. The molecule has 27 heavy (non-hydrogen) atoms. The average Bonchev–Trinajstić information content (AvgIpc) is 2.56. The van der Waals surface area contributed by atoms with Crippen molar-refractivity contribution in [3.8, 4) is 0 Å². The van der Waals surface area contributed by atoms with Crippen LogP contribution in [0, 0.1) is 0 Å². The number of carbonyl (C=O) groups is 2. The minimum absolute atomic E-state index is 0.303. The van der Waals surface area contributed by atoms with Crippen LogP contribution in [0.5, 0.6) is 0 Å². The number of hydrogen-bond acceptors (Lipinski definition) is 8. The van der Waals surface area contributed by atoms with Gasteiger partial charge in [0.05, 0.1) is 6.54 Å². The lowest BCUT2D eigenvalue weighted by molar-refractivity contribution is -0.201. The lowest BCUT2D eigenvalue weighted by Crippen LogP contribution is -2.37. The van der Waals surface area contributed by atoms with Crippen LogP contribution in [-0.2, 0) is 23.5 Å². The maximum absolute atomic E-state index is 12.4. The number of rotatable bonds is 9. The van der Waals surface area contributed by atoms with Crippen LogP contribution in [-0.4, -0.2) is 40.7 Å². The fourth-order valence-corrected chi connectivity index (χ4v) is 3.99. The van der Waals surface area contributed by atoms with Crippen molar-refractivity contribution in [1.82, 2.24) is 10.8 Å². The molecule has 8 nitrogen and oxygen atoms in total. The van der Waals surface area contributed by atoms with E-state index in [0.717, 1.165) is 11.8 Å². The number of hydrogen-bond donors (Lipinski definition) is 3. The third kappa shape index (κ3) is 8.87. The van der Waals surface area contributed by atoms with Gasteiger partial charge in [0.25, 0.3) is 0 Å². The van der Waals surface area contributed by atoms with Gasteiger partial charge in [0.1, 0.15) is 0 Å². The van der Waals surface area contributed by atoms with E-state index in [2.05, 4.69) is 15.5 Å². The van der Waals surface area contributed by atoms with Crippen LogP contribution in [0.2, 0.25) is 0 Å². The van der Waals surface area contributed by atoms with E-state index in [9.17, 15) is 32.2 Å². The number of esters is 2. The molecule has 2 atom stereocenters. The normalized spacial score (nSPS) is 15.2. The van der Waals surface area contributed by atoms with Crippen LogP contribution < -0.4 is 10.8 Å². The van der Waals surface area contributed by atoms with Gasteiger partial charge < -0.3 is 9.63 Å². The Morgan fingerprint density at radius 1 is 1.26 bits per heavy atom. The minimum Gasteiger partial charge on any atom is -0.385 e. The topological polar surface area (TPSA) is 114 Å². The summed E-state index contributed by atoms with van der Waals surface area (Å²) in [4.78, 5) is 32.7. The summed E-state index contributed by atoms with van der Waals surface area (Å²) in [5.74, 6) is -4.24. The fourth-order valence-electron chi connectivity index (χ4n) is 1.45. The summed E-state index contributed by atoms with van der Waals surface area (Å²) in [5.41, 5.74) is 2.31. The van der Waals surface area contributed by atoms with Gasteiger partial charge in [-0.25, -0.2) is 9.42 Å². The number of benzene rings is 1. The molecule has 3 N–H and O–H groups in total. The lowest BCUT2D eigenvalue weighted by atomic mass is 10.4. The zero-order valence-electron chi connectivity index (χ0n) is 14.2. The Labute approximate surface area is 157 Å². The number of halogens is 3. The molecule has 1 rings (SSSR count). The smallest absolute Gasteiger partial charge is 0.385 e. The van der Waals surface area contributed by atoms with Crippen molar-refractivity contribution < 1.29 is 41.6 Å². The Morgan fingerprint density at radius 3 is 2.37 bits per heavy atom. The fraction of sp³-hybridized carbons (Fsp3) is 0.429. The van der Waals surface area contributed by atoms with Crippen molar-refractivity contribution in [2.45, 2.75) is 36.1 Å². The molecule has 0 aliphatic carbocycles. The Morgan fingerprint density at radius 2 is 1.85 bits per heavy atom. The first-order valence-corrected chi connectivity index (χ1v) is 9.98. The number of alkyl halides is 3. The van der Waals surface area contributed by atoms with Gasteiger partial charge >= 0.3 is 25.7 Å². The maximum Gasteiger partial charge on any atom is 0.491 e. The maximum atomic E-state index is 12.4. The third-order valence-corrected chi connectivity index (χ3v) is 5.76. The van der Waals surface area contributed by atoms with Gasteiger partial charge in [0, 0.05) is 10.9 Å². The molecule has 0 aliphatic heterocycles.